The average molecular weight is 461 g/mol. The van der Waals surface area contributed by atoms with Crippen LogP contribution in [-0.2, 0) is 10.0 Å². The lowest BCUT2D eigenvalue weighted by Gasteiger charge is -2.30. The van der Waals surface area contributed by atoms with E-state index in [-0.39, 0.29) is 28.3 Å². The summed E-state index contributed by atoms with van der Waals surface area (Å²) < 4.78 is 40.4. The minimum atomic E-state index is -3.73. The first-order valence-electron chi connectivity index (χ1n) is 9.80. The third-order valence-corrected chi connectivity index (χ3v) is 8.09. The van der Waals surface area contributed by atoms with Gasteiger partial charge in [-0.05, 0) is 56.2 Å². The van der Waals surface area contributed by atoms with Crippen LogP contribution in [0.5, 0.6) is 0 Å². The summed E-state index contributed by atoms with van der Waals surface area (Å²) in [4.78, 5) is 12.6. The molecule has 4 rings (SSSR count). The van der Waals surface area contributed by atoms with Crippen molar-refractivity contribution in [3.8, 4) is 0 Å². The van der Waals surface area contributed by atoms with Crippen LogP contribution < -0.4 is 5.32 Å². The maximum absolute atomic E-state index is 13.2. The summed E-state index contributed by atoms with van der Waals surface area (Å²) in [7, 11) is -3.73. The SMILES string of the molecule is Cc1ccc(NC(=O)c2nnc([C@@H]3CCCN(S(=O)(=O)c4ccc(F)cc4)C3)s2)cc1. The van der Waals surface area contributed by atoms with Crippen LogP contribution in [0.2, 0.25) is 0 Å². The monoisotopic (exact) mass is 460 g/mol. The molecule has 0 radical (unpaired) electrons. The molecule has 1 aromatic heterocycles. The summed E-state index contributed by atoms with van der Waals surface area (Å²) in [6.07, 6.45) is 1.42. The fourth-order valence-corrected chi connectivity index (χ4v) is 5.82. The van der Waals surface area contributed by atoms with Crippen LogP contribution in [0.1, 0.15) is 39.1 Å². The van der Waals surface area contributed by atoms with Crippen LogP contribution in [0.25, 0.3) is 0 Å². The number of aromatic nitrogens is 2. The van der Waals surface area contributed by atoms with Gasteiger partial charge in [0, 0.05) is 24.7 Å². The molecule has 3 aromatic rings. The fraction of sp³-hybridized carbons (Fsp3) is 0.286. The van der Waals surface area contributed by atoms with Gasteiger partial charge in [-0.15, -0.1) is 10.2 Å². The Bertz CT molecular complexity index is 1180. The molecule has 10 heteroatoms. The number of carbonyl (C=O) groups excluding carboxylic acids is 1. The molecule has 1 N–H and O–H groups in total. The number of nitrogens with one attached hydrogen (secondary N) is 1. The Labute approximate surface area is 184 Å². The molecule has 1 aliphatic heterocycles. The number of anilines is 1. The lowest BCUT2D eigenvalue weighted by Crippen LogP contribution is -2.39. The molecule has 2 aromatic carbocycles. The van der Waals surface area contributed by atoms with E-state index in [0.717, 1.165) is 24.1 Å². The Balaban J connectivity index is 1.46. The van der Waals surface area contributed by atoms with Crippen LogP contribution >= 0.6 is 11.3 Å². The van der Waals surface area contributed by atoms with Crippen molar-refractivity contribution in [2.24, 2.45) is 0 Å². The Hall–Kier alpha value is -2.69. The van der Waals surface area contributed by atoms with Gasteiger partial charge in [0.2, 0.25) is 15.0 Å². The number of hydrogen-bond donors (Lipinski definition) is 1. The van der Waals surface area contributed by atoms with Crippen molar-refractivity contribution in [3.05, 3.63) is 69.9 Å². The molecule has 1 amide bonds. The quantitative estimate of drug-likeness (QED) is 0.625. The van der Waals surface area contributed by atoms with Gasteiger partial charge in [0.25, 0.3) is 5.91 Å². The molecule has 0 unspecified atom stereocenters. The van der Waals surface area contributed by atoms with Crippen molar-refractivity contribution in [3.63, 3.8) is 0 Å². The zero-order valence-corrected chi connectivity index (χ0v) is 18.4. The zero-order chi connectivity index (χ0) is 22.0. The van der Waals surface area contributed by atoms with Gasteiger partial charge >= 0.3 is 0 Å². The van der Waals surface area contributed by atoms with Crippen molar-refractivity contribution in [2.75, 3.05) is 18.4 Å². The van der Waals surface area contributed by atoms with Crippen LogP contribution in [0, 0.1) is 12.7 Å². The maximum atomic E-state index is 13.2. The van der Waals surface area contributed by atoms with Crippen LogP contribution in [0.3, 0.4) is 0 Å². The smallest absolute Gasteiger partial charge is 0.286 e. The second-order valence-electron chi connectivity index (χ2n) is 7.42. The molecular formula is C21H21FN4O3S2. The third-order valence-electron chi connectivity index (χ3n) is 5.13. The molecule has 0 saturated carbocycles. The first kappa shape index (κ1) is 21.5. The number of sulfonamides is 1. The highest BCUT2D eigenvalue weighted by Gasteiger charge is 2.32. The fourth-order valence-electron chi connectivity index (χ4n) is 3.43. The molecule has 1 atom stereocenters. The van der Waals surface area contributed by atoms with Crippen LogP contribution in [-0.4, -0.2) is 41.9 Å². The molecule has 162 valence electrons. The second-order valence-corrected chi connectivity index (χ2v) is 10.4. The largest absolute Gasteiger partial charge is 0.320 e. The van der Waals surface area contributed by atoms with E-state index < -0.39 is 15.8 Å². The lowest BCUT2D eigenvalue weighted by atomic mass is 10.0. The summed E-state index contributed by atoms with van der Waals surface area (Å²) in [6.45, 7) is 2.59. The first-order chi connectivity index (χ1) is 14.8. The third kappa shape index (κ3) is 4.81. The Morgan fingerprint density at radius 3 is 2.55 bits per heavy atom. The topological polar surface area (TPSA) is 92.3 Å². The van der Waals surface area contributed by atoms with Gasteiger partial charge in [-0.2, -0.15) is 4.31 Å². The first-order valence-corrected chi connectivity index (χ1v) is 12.1. The molecule has 7 nitrogen and oxygen atoms in total. The Kier molecular flexibility index (Phi) is 6.12. The molecule has 1 aliphatic rings. The van der Waals surface area contributed by atoms with Crippen molar-refractivity contribution < 1.29 is 17.6 Å². The maximum Gasteiger partial charge on any atom is 0.286 e. The van der Waals surface area contributed by atoms with E-state index in [2.05, 4.69) is 15.5 Å². The number of amides is 1. The van der Waals surface area contributed by atoms with Gasteiger partial charge in [-0.1, -0.05) is 29.0 Å². The number of benzene rings is 2. The van der Waals surface area contributed by atoms with Crippen molar-refractivity contribution in [1.29, 1.82) is 0 Å². The van der Waals surface area contributed by atoms with E-state index >= 15 is 0 Å². The number of aryl methyl sites for hydroxylation is 1. The number of rotatable bonds is 5. The summed E-state index contributed by atoms with van der Waals surface area (Å²) in [5, 5.41) is 11.8. The number of piperidine rings is 1. The minimum absolute atomic E-state index is 0.0602. The van der Waals surface area contributed by atoms with E-state index in [0.29, 0.717) is 23.7 Å². The van der Waals surface area contributed by atoms with E-state index in [1.54, 1.807) is 0 Å². The summed E-state index contributed by atoms with van der Waals surface area (Å²) >= 11 is 1.18. The Morgan fingerprint density at radius 1 is 1.13 bits per heavy atom. The number of halogens is 1. The molecule has 0 aliphatic carbocycles. The van der Waals surface area contributed by atoms with E-state index in [1.165, 1.54) is 27.8 Å². The van der Waals surface area contributed by atoms with Gasteiger partial charge in [-0.25, -0.2) is 12.8 Å². The van der Waals surface area contributed by atoms with Crippen molar-refractivity contribution in [1.82, 2.24) is 14.5 Å². The number of nitrogens with zero attached hydrogens (tertiary/aromatic N) is 3. The van der Waals surface area contributed by atoms with Gasteiger partial charge in [0.1, 0.15) is 10.8 Å². The van der Waals surface area contributed by atoms with E-state index in [1.807, 2.05) is 31.2 Å². The zero-order valence-electron chi connectivity index (χ0n) is 16.8. The number of hydrogen-bond acceptors (Lipinski definition) is 6. The molecule has 0 bridgehead atoms. The van der Waals surface area contributed by atoms with Gasteiger partial charge in [0.15, 0.2) is 0 Å². The number of carbonyl (C=O) groups is 1. The summed E-state index contributed by atoms with van der Waals surface area (Å²) in [5.41, 5.74) is 1.76. The molecule has 1 fully saturated rings. The van der Waals surface area contributed by atoms with Gasteiger partial charge in [-0.3, -0.25) is 4.79 Å². The van der Waals surface area contributed by atoms with E-state index in [9.17, 15) is 17.6 Å². The van der Waals surface area contributed by atoms with Gasteiger partial charge < -0.3 is 5.32 Å². The van der Waals surface area contributed by atoms with E-state index in [4.69, 9.17) is 0 Å². The van der Waals surface area contributed by atoms with Crippen LogP contribution in [0.15, 0.2) is 53.4 Å². The predicted molar refractivity (Wildman–Crippen MR) is 116 cm³/mol. The molecule has 31 heavy (non-hydrogen) atoms. The van der Waals surface area contributed by atoms with Crippen LogP contribution in [0.4, 0.5) is 10.1 Å². The van der Waals surface area contributed by atoms with Crippen molar-refractivity contribution in [2.45, 2.75) is 30.6 Å². The molecule has 0 spiro atoms. The summed E-state index contributed by atoms with van der Waals surface area (Å²) in [5.74, 6) is -0.984. The average Bonchev–Trinajstić information content (AvgIpc) is 3.26. The lowest BCUT2D eigenvalue weighted by molar-refractivity contribution is 0.102. The minimum Gasteiger partial charge on any atom is -0.320 e. The molecule has 2 heterocycles. The highest BCUT2D eigenvalue weighted by molar-refractivity contribution is 7.89. The highest BCUT2D eigenvalue weighted by Crippen LogP contribution is 2.32. The second kappa shape index (κ2) is 8.81. The van der Waals surface area contributed by atoms with Crippen molar-refractivity contribution >= 4 is 33.0 Å². The predicted octanol–water partition coefficient (Wildman–Crippen LogP) is 3.81. The molecule has 1 saturated heterocycles. The Morgan fingerprint density at radius 2 is 1.84 bits per heavy atom. The normalized spacial score (nSPS) is 17.4. The highest BCUT2D eigenvalue weighted by atomic mass is 32.2. The standard InChI is InChI=1S/C21H21FN4O3S2/c1-14-4-8-17(9-5-14)23-19(27)21-25-24-20(30-21)15-3-2-12-26(13-15)31(28,29)18-10-6-16(22)7-11-18/h4-11,15H,2-3,12-13H2,1H3,(H,23,27)/t15-/m1/s1. The van der Waals surface area contributed by atoms with Gasteiger partial charge in [0.05, 0.1) is 4.90 Å². The summed E-state index contributed by atoms with van der Waals surface area (Å²) in [6, 6.07) is 12.2. The molecular weight excluding hydrogens is 439 g/mol.